The zero-order valence-corrected chi connectivity index (χ0v) is 21.7. The molecule has 0 aliphatic rings. The number of rotatable bonds is 7. The minimum atomic E-state index is -3.93. The van der Waals surface area contributed by atoms with Crippen LogP contribution in [0.15, 0.2) is 102 Å². The van der Waals surface area contributed by atoms with Crippen LogP contribution in [0.25, 0.3) is 11.6 Å². The lowest BCUT2D eigenvalue weighted by Crippen LogP contribution is -2.15. The van der Waals surface area contributed by atoms with Gasteiger partial charge in [0.1, 0.15) is 0 Å². The zero-order valence-electron chi connectivity index (χ0n) is 18.6. The van der Waals surface area contributed by atoms with E-state index in [2.05, 4.69) is 10.0 Å². The van der Waals surface area contributed by atoms with Crippen molar-refractivity contribution in [2.24, 2.45) is 0 Å². The number of hydrogen-bond donors (Lipinski definition) is 2. The maximum atomic E-state index is 13.2. The van der Waals surface area contributed by atoms with E-state index in [-0.39, 0.29) is 26.5 Å². The van der Waals surface area contributed by atoms with Crippen molar-refractivity contribution in [2.75, 3.05) is 10.0 Å². The van der Waals surface area contributed by atoms with Gasteiger partial charge in [-0.2, -0.15) is 0 Å². The Kier molecular flexibility index (Phi) is 8.01. The molecule has 0 heterocycles. The zero-order chi connectivity index (χ0) is 25.7. The normalized spacial score (nSPS) is 11.7. The van der Waals surface area contributed by atoms with Crippen LogP contribution in [0.5, 0.6) is 0 Å². The minimum Gasteiger partial charge on any atom is -0.322 e. The third-order valence-electron chi connectivity index (χ3n) is 5.15. The Morgan fingerprint density at radius 3 is 2.06 bits per heavy atom. The first kappa shape index (κ1) is 25.8. The number of nitrogens with one attached hydrogen (secondary N) is 2. The summed E-state index contributed by atoms with van der Waals surface area (Å²) in [7, 11) is -3.93. The van der Waals surface area contributed by atoms with Gasteiger partial charge in [-0.25, -0.2) is 8.42 Å². The highest BCUT2D eigenvalue weighted by Crippen LogP contribution is 2.31. The van der Waals surface area contributed by atoms with Gasteiger partial charge < -0.3 is 5.32 Å². The van der Waals surface area contributed by atoms with Crippen molar-refractivity contribution < 1.29 is 13.2 Å². The maximum absolute atomic E-state index is 13.2. The summed E-state index contributed by atoms with van der Waals surface area (Å²) in [5, 5.41) is 3.67. The van der Waals surface area contributed by atoms with Crippen LogP contribution in [-0.4, -0.2) is 14.3 Å². The van der Waals surface area contributed by atoms with E-state index in [9.17, 15) is 13.2 Å². The molecule has 0 radical (unpaired) electrons. The fourth-order valence-corrected chi connectivity index (χ4v) is 5.01. The molecule has 36 heavy (non-hydrogen) atoms. The molecule has 2 N–H and O–H groups in total. The molecule has 0 saturated heterocycles. The topological polar surface area (TPSA) is 75.3 Å². The Bertz CT molecular complexity index is 1540. The van der Waals surface area contributed by atoms with Crippen LogP contribution in [0.4, 0.5) is 11.4 Å². The number of anilines is 2. The summed E-state index contributed by atoms with van der Waals surface area (Å²) >= 11 is 18.4. The largest absolute Gasteiger partial charge is 0.322 e. The monoisotopic (exact) mass is 556 g/mol. The van der Waals surface area contributed by atoms with E-state index in [0.29, 0.717) is 27.4 Å². The fraction of sp³-hybridized carbons (Fsp3) is 0. The van der Waals surface area contributed by atoms with Gasteiger partial charge in [0.05, 0.1) is 20.6 Å². The Labute approximate surface area is 224 Å². The standard InChI is InChI=1S/C27H19Cl3N2O3S/c28-23-10-5-4-9-19(23)17-22(18-7-2-1-3-8-18)27(33)31-20-13-15-21(16-14-20)36(34,35)32-25-12-6-11-24(29)26(25)30/h1-17,32H,(H,31,33)/b22-17+. The number of hydrogen-bond acceptors (Lipinski definition) is 3. The average molecular weight is 558 g/mol. The highest BCUT2D eigenvalue weighted by molar-refractivity contribution is 7.92. The third-order valence-corrected chi connectivity index (χ3v) is 7.70. The van der Waals surface area contributed by atoms with Crippen LogP contribution in [0.3, 0.4) is 0 Å². The van der Waals surface area contributed by atoms with Crippen molar-refractivity contribution in [2.45, 2.75) is 4.90 Å². The van der Waals surface area contributed by atoms with E-state index in [0.717, 1.165) is 0 Å². The molecule has 5 nitrogen and oxygen atoms in total. The molecule has 0 saturated carbocycles. The number of benzene rings is 4. The lowest BCUT2D eigenvalue weighted by atomic mass is 10.0. The second-order valence-electron chi connectivity index (χ2n) is 7.63. The quantitative estimate of drug-likeness (QED) is 0.181. The van der Waals surface area contributed by atoms with Crippen molar-refractivity contribution >= 4 is 73.8 Å². The van der Waals surface area contributed by atoms with Crippen molar-refractivity contribution in [3.8, 4) is 0 Å². The second kappa shape index (κ2) is 11.2. The smallest absolute Gasteiger partial charge is 0.261 e. The van der Waals surface area contributed by atoms with E-state index in [1.54, 1.807) is 24.3 Å². The van der Waals surface area contributed by atoms with E-state index in [4.69, 9.17) is 34.8 Å². The fourth-order valence-electron chi connectivity index (χ4n) is 3.35. The minimum absolute atomic E-state index is 0.00793. The highest BCUT2D eigenvalue weighted by Gasteiger charge is 2.18. The van der Waals surface area contributed by atoms with Gasteiger partial charge in [-0.3, -0.25) is 9.52 Å². The SMILES string of the molecule is O=C(Nc1ccc(S(=O)(=O)Nc2cccc(Cl)c2Cl)cc1)/C(=C/c1ccccc1Cl)c1ccccc1. The maximum Gasteiger partial charge on any atom is 0.261 e. The Hall–Kier alpha value is -3.29. The van der Waals surface area contributed by atoms with Crippen LogP contribution >= 0.6 is 34.8 Å². The van der Waals surface area contributed by atoms with Crippen LogP contribution in [0, 0.1) is 0 Å². The van der Waals surface area contributed by atoms with Gasteiger partial charge in [-0.15, -0.1) is 0 Å². The molecule has 4 aromatic rings. The van der Waals surface area contributed by atoms with E-state index >= 15 is 0 Å². The molecule has 0 aromatic heterocycles. The molecule has 4 aromatic carbocycles. The van der Waals surface area contributed by atoms with Crippen LogP contribution in [0.1, 0.15) is 11.1 Å². The summed E-state index contributed by atoms with van der Waals surface area (Å²) in [6, 6.07) is 26.8. The van der Waals surface area contributed by atoms with Crippen LogP contribution < -0.4 is 10.0 Å². The Morgan fingerprint density at radius 1 is 0.722 bits per heavy atom. The molecular weight excluding hydrogens is 539 g/mol. The molecule has 0 fully saturated rings. The number of carbonyl (C=O) groups excluding carboxylic acids is 1. The first-order valence-corrected chi connectivity index (χ1v) is 13.3. The number of halogens is 3. The molecule has 0 unspecified atom stereocenters. The van der Waals surface area contributed by atoms with E-state index < -0.39 is 10.0 Å². The van der Waals surface area contributed by atoms with Crippen molar-refractivity contribution in [1.82, 2.24) is 0 Å². The number of amides is 1. The highest BCUT2D eigenvalue weighted by atomic mass is 35.5. The second-order valence-corrected chi connectivity index (χ2v) is 10.5. The van der Waals surface area contributed by atoms with Crippen molar-refractivity contribution in [3.05, 3.63) is 123 Å². The number of sulfonamides is 1. The van der Waals surface area contributed by atoms with Gasteiger partial charge in [-0.1, -0.05) is 89.4 Å². The van der Waals surface area contributed by atoms with E-state index in [1.807, 2.05) is 48.5 Å². The molecule has 0 spiro atoms. The van der Waals surface area contributed by atoms with Crippen LogP contribution in [0.2, 0.25) is 15.1 Å². The molecular formula is C27H19Cl3N2O3S. The summed E-state index contributed by atoms with van der Waals surface area (Å²) in [6.07, 6.45) is 1.71. The van der Waals surface area contributed by atoms with Gasteiger partial charge in [0.25, 0.3) is 15.9 Å². The summed E-state index contributed by atoms with van der Waals surface area (Å²) in [5.74, 6) is -0.374. The lowest BCUT2D eigenvalue weighted by molar-refractivity contribution is -0.111. The third kappa shape index (κ3) is 6.09. The summed E-state index contributed by atoms with van der Waals surface area (Å²) in [6.45, 7) is 0. The van der Waals surface area contributed by atoms with Crippen molar-refractivity contribution in [1.29, 1.82) is 0 Å². The average Bonchev–Trinajstić information content (AvgIpc) is 2.87. The van der Waals surface area contributed by atoms with Gasteiger partial charge in [0.2, 0.25) is 0 Å². The molecule has 0 aliphatic carbocycles. The lowest BCUT2D eigenvalue weighted by Gasteiger charge is -2.12. The van der Waals surface area contributed by atoms with Gasteiger partial charge >= 0.3 is 0 Å². The first-order chi connectivity index (χ1) is 17.2. The van der Waals surface area contributed by atoms with Gasteiger partial charge in [0, 0.05) is 16.3 Å². The first-order valence-electron chi connectivity index (χ1n) is 10.6. The van der Waals surface area contributed by atoms with E-state index in [1.165, 1.54) is 30.3 Å². The predicted octanol–water partition coefficient (Wildman–Crippen LogP) is 7.63. The molecule has 1 amide bonds. The molecule has 4 rings (SSSR count). The van der Waals surface area contributed by atoms with Gasteiger partial charge in [0.15, 0.2) is 0 Å². The predicted molar refractivity (Wildman–Crippen MR) is 148 cm³/mol. The van der Waals surface area contributed by atoms with Gasteiger partial charge in [-0.05, 0) is 59.7 Å². The summed E-state index contributed by atoms with van der Waals surface area (Å²) < 4.78 is 28.0. The molecule has 0 atom stereocenters. The molecule has 9 heteroatoms. The summed E-state index contributed by atoms with van der Waals surface area (Å²) in [4.78, 5) is 13.2. The summed E-state index contributed by atoms with van der Waals surface area (Å²) in [5.41, 5.74) is 2.38. The molecule has 0 aliphatic heterocycles. The number of carbonyl (C=O) groups is 1. The Balaban J connectivity index is 1.57. The molecule has 182 valence electrons. The van der Waals surface area contributed by atoms with Crippen LogP contribution in [-0.2, 0) is 14.8 Å². The van der Waals surface area contributed by atoms with Crippen molar-refractivity contribution in [3.63, 3.8) is 0 Å². The Morgan fingerprint density at radius 2 is 1.36 bits per heavy atom. The molecule has 0 bridgehead atoms.